The Balaban J connectivity index is 1.89. The molecule has 0 saturated heterocycles. The maximum absolute atomic E-state index is 12.3. The smallest absolute Gasteiger partial charge is 0.260 e. The lowest BCUT2D eigenvalue weighted by Crippen LogP contribution is -2.40. The monoisotopic (exact) mass is 300 g/mol. The highest BCUT2D eigenvalue weighted by molar-refractivity contribution is 5.77. The third kappa shape index (κ3) is 4.49. The minimum atomic E-state index is -0.0154. The summed E-state index contributed by atoms with van der Waals surface area (Å²) in [7, 11) is 1.87. The molecule has 0 radical (unpaired) electrons. The molecule has 22 heavy (non-hydrogen) atoms. The highest BCUT2D eigenvalue weighted by Crippen LogP contribution is 2.21. The van der Waals surface area contributed by atoms with Gasteiger partial charge in [0.05, 0.1) is 5.56 Å². The van der Waals surface area contributed by atoms with Crippen molar-refractivity contribution in [3.05, 3.63) is 29.8 Å². The number of nitriles is 1. The lowest BCUT2D eigenvalue weighted by Gasteiger charge is -2.29. The molecule has 4 nitrogen and oxygen atoms in total. The predicted molar refractivity (Wildman–Crippen MR) is 85.5 cm³/mol. The van der Waals surface area contributed by atoms with Gasteiger partial charge in [0.25, 0.3) is 5.91 Å². The van der Waals surface area contributed by atoms with E-state index in [-0.39, 0.29) is 12.5 Å². The van der Waals surface area contributed by atoms with Crippen molar-refractivity contribution in [1.29, 1.82) is 5.26 Å². The molecule has 1 aromatic carbocycles. The van der Waals surface area contributed by atoms with Gasteiger partial charge in [0.1, 0.15) is 11.8 Å². The first-order valence-corrected chi connectivity index (χ1v) is 8.10. The van der Waals surface area contributed by atoms with E-state index in [4.69, 9.17) is 10.00 Å². The van der Waals surface area contributed by atoms with E-state index in [1.54, 1.807) is 24.3 Å². The van der Waals surface area contributed by atoms with Crippen molar-refractivity contribution in [2.24, 2.45) is 0 Å². The average molecular weight is 300 g/mol. The Morgan fingerprint density at radius 1 is 1.23 bits per heavy atom. The van der Waals surface area contributed by atoms with Crippen molar-refractivity contribution >= 4 is 5.91 Å². The molecule has 2 rings (SSSR count). The molecule has 1 amide bonds. The number of likely N-dealkylation sites (N-methyl/N-ethyl adjacent to an activating group) is 1. The molecule has 1 aliphatic carbocycles. The zero-order valence-electron chi connectivity index (χ0n) is 13.3. The SMILES string of the molecule is CN(C(=O)COc1ccccc1C#N)C1CCCCCCC1. The second-order valence-electron chi connectivity index (χ2n) is 5.90. The quantitative estimate of drug-likeness (QED) is 0.855. The molecule has 0 atom stereocenters. The molecule has 4 heteroatoms. The lowest BCUT2D eigenvalue weighted by atomic mass is 9.96. The van der Waals surface area contributed by atoms with Gasteiger partial charge in [-0.1, -0.05) is 44.2 Å². The van der Waals surface area contributed by atoms with Crippen LogP contribution in [0.5, 0.6) is 5.75 Å². The molecule has 0 N–H and O–H groups in total. The molecule has 0 aromatic heterocycles. The van der Waals surface area contributed by atoms with E-state index in [9.17, 15) is 4.79 Å². The molecule has 0 bridgehead atoms. The molecule has 0 heterocycles. The predicted octanol–water partition coefficient (Wildman–Crippen LogP) is 3.51. The maximum Gasteiger partial charge on any atom is 0.260 e. The first-order valence-electron chi connectivity index (χ1n) is 8.10. The zero-order valence-corrected chi connectivity index (χ0v) is 13.3. The van der Waals surface area contributed by atoms with Gasteiger partial charge in [0.2, 0.25) is 0 Å². The van der Waals surface area contributed by atoms with Crippen molar-refractivity contribution < 1.29 is 9.53 Å². The number of para-hydroxylation sites is 1. The van der Waals surface area contributed by atoms with Gasteiger partial charge in [0, 0.05) is 13.1 Å². The molecule has 0 unspecified atom stereocenters. The van der Waals surface area contributed by atoms with Crippen LogP contribution in [0.1, 0.15) is 50.5 Å². The van der Waals surface area contributed by atoms with Crippen molar-refractivity contribution in [1.82, 2.24) is 4.90 Å². The number of carbonyl (C=O) groups is 1. The van der Waals surface area contributed by atoms with Crippen LogP contribution in [-0.4, -0.2) is 30.5 Å². The fraction of sp³-hybridized carbons (Fsp3) is 0.556. The van der Waals surface area contributed by atoms with Crippen LogP contribution in [0.25, 0.3) is 0 Å². The summed E-state index contributed by atoms with van der Waals surface area (Å²) in [5.41, 5.74) is 0.462. The van der Waals surface area contributed by atoms with Gasteiger partial charge in [-0.05, 0) is 25.0 Å². The Hall–Kier alpha value is -2.02. The van der Waals surface area contributed by atoms with Crippen LogP contribution in [0.15, 0.2) is 24.3 Å². The summed E-state index contributed by atoms with van der Waals surface area (Å²) in [6, 6.07) is 9.41. The molecular formula is C18H24N2O2. The van der Waals surface area contributed by atoms with Gasteiger partial charge in [-0.3, -0.25) is 4.79 Å². The zero-order chi connectivity index (χ0) is 15.8. The summed E-state index contributed by atoms with van der Waals surface area (Å²) in [6.45, 7) is -0.00824. The van der Waals surface area contributed by atoms with Gasteiger partial charge in [0.15, 0.2) is 6.61 Å². The Kier molecular flexibility index (Phi) is 6.27. The van der Waals surface area contributed by atoms with Crippen LogP contribution >= 0.6 is 0 Å². The first kappa shape index (κ1) is 16.4. The Morgan fingerprint density at radius 2 is 1.86 bits per heavy atom. The number of benzene rings is 1. The number of amides is 1. The van der Waals surface area contributed by atoms with Crippen molar-refractivity contribution in [3.63, 3.8) is 0 Å². The Morgan fingerprint density at radius 3 is 2.55 bits per heavy atom. The van der Waals surface area contributed by atoms with Gasteiger partial charge >= 0.3 is 0 Å². The summed E-state index contributed by atoms with van der Waals surface area (Å²) in [4.78, 5) is 14.2. The van der Waals surface area contributed by atoms with Crippen LogP contribution in [0.4, 0.5) is 0 Å². The first-order chi connectivity index (χ1) is 10.7. The topological polar surface area (TPSA) is 53.3 Å². The third-order valence-electron chi connectivity index (χ3n) is 4.37. The van der Waals surface area contributed by atoms with E-state index in [0.29, 0.717) is 17.4 Å². The number of nitrogens with zero attached hydrogens (tertiary/aromatic N) is 2. The minimum Gasteiger partial charge on any atom is -0.482 e. The van der Waals surface area contributed by atoms with Crippen molar-refractivity contribution in [2.45, 2.75) is 51.0 Å². The highest BCUT2D eigenvalue weighted by atomic mass is 16.5. The van der Waals surface area contributed by atoms with Gasteiger partial charge in [-0.25, -0.2) is 0 Å². The maximum atomic E-state index is 12.3. The number of ether oxygens (including phenoxy) is 1. The van der Waals surface area contributed by atoms with Crippen LogP contribution in [0, 0.1) is 11.3 Å². The van der Waals surface area contributed by atoms with E-state index in [2.05, 4.69) is 6.07 Å². The summed E-state index contributed by atoms with van der Waals surface area (Å²) in [6.07, 6.45) is 8.41. The van der Waals surface area contributed by atoms with Crippen LogP contribution in [0.2, 0.25) is 0 Å². The second kappa shape index (κ2) is 8.43. The minimum absolute atomic E-state index is 0.00824. The van der Waals surface area contributed by atoms with Gasteiger partial charge in [-0.2, -0.15) is 5.26 Å². The van der Waals surface area contributed by atoms with E-state index in [1.807, 2.05) is 11.9 Å². The summed E-state index contributed by atoms with van der Waals surface area (Å²) < 4.78 is 5.54. The molecule has 118 valence electrons. The summed E-state index contributed by atoms with van der Waals surface area (Å²) in [5.74, 6) is 0.461. The summed E-state index contributed by atoms with van der Waals surface area (Å²) in [5, 5.41) is 9.03. The average Bonchev–Trinajstić information content (AvgIpc) is 2.52. The number of carbonyl (C=O) groups excluding carboxylic acids is 1. The van der Waals surface area contributed by atoms with E-state index in [1.165, 1.54) is 32.1 Å². The molecule has 1 saturated carbocycles. The normalized spacial score (nSPS) is 16.2. The van der Waals surface area contributed by atoms with Crippen molar-refractivity contribution in [2.75, 3.05) is 13.7 Å². The van der Waals surface area contributed by atoms with Crippen molar-refractivity contribution in [3.8, 4) is 11.8 Å². The molecule has 0 aliphatic heterocycles. The van der Waals surface area contributed by atoms with Gasteiger partial charge in [-0.15, -0.1) is 0 Å². The summed E-state index contributed by atoms with van der Waals surface area (Å²) >= 11 is 0. The molecule has 1 aromatic rings. The lowest BCUT2D eigenvalue weighted by molar-refractivity contribution is -0.134. The molecular weight excluding hydrogens is 276 g/mol. The largest absolute Gasteiger partial charge is 0.482 e. The molecule has 1 fully saturated rings. The van der Waals surface area contributed by atoms with Crippen LogP contribution in [-0.2, 0) is 4.79 Å². The van der Waals surface area contributed by atoms with E-state index < -0.39 is 0 Å². The molecule has 0 spiro atoms. The van der Waals surface area contributed by atoms with Gasteiger partial charge < -0.3 is 9.64 Å². The number of hydrogen-bond donors (Lipinski definition) is 0. The van der Waals surface area contributed by atoms with E-state index in [0.717, 1.165) is 12.8 Å². The van der Waals surface area contributed by atoms with E-state index >= 15 is 0 Å². The third-order valence-corrected chi connectivity index (χ3v) is 4.37. The fourth-order valence-electron chi connectivity index (χ4n) is 2.95. The van der Waals surface area contributed by atoms with Crippen LogP contribution in [0.3, 0.4) is 0 Å². The Labute approximate surface area is 132 Å². The Bertz CT molecular complexity index is 528. The fourth-order valence-corrected chi connectivity index (χ4v) is 2.95. The molecule has 1 aliphatic rings. The second-order valence-corrected chi connectivity index (χ2v) is 5.90. The highest BCUT2D eigenvalue weighted by Gasteiger charge is 2.21. The number of hydrogen-bond acceptors (Lipinski definition) is 3. The standard InChI is InChI=1S/C18H24N2O2/c1-20(16-10-5-3-2-4-6-11-16)18(21)14-22-17-12-8-7-9-15(17)13-19/h7-9,12,16H,2-6,10-11,14H2,1H3. The number of rotatable bonds is 4. The van der Waals surface area contributed by atoms with Crippen LogP contribution < -0.4 is 4.74 Å².